The SMILES string of the molecule is CC1=CCC(N(C2=CCC(C3(c4ccc(N(C5=CCC(C)C=C5)c5ccc(C)cc5)cc4)CCCCC3)C=C2)c2ccc(C)cc2)C=C1. The zero-order valence-corrected chi connectivity index (χ0v) is 29.4. The zero-order chi connectivity index (χ0) is 33.1. The van der Waals surface area contributed by atoms with Crippen molar-refractivity contribution in [1.29, 1.82) is 0 Å². The van der Waals surface area contributed by atoms with E-state index in [4.69, 9.17) is 0 Å². The molecular formula is C46H52N2. The fraction of sp³-hybridized carbons (Fsp3) is 0.348. The molecule has 0 aromatic heterocycles. The van der Waals surface area contributed by atoms with Gasteiger partial charge < -0.3 is 9.80 Å². The Bertz CT molecular complexity index is 1750. The van der Waals surface area contributed by atoms with Crippen LogP contribution in [0.25, 0.3) is 0 Å². The van der Waals surface area contributed by atoms with Crippen molar-refractivity contribution < 1.29 is 0 Å². The first-order valence-corrected chi connectivity index (χ1v) is 18.3. The Morgan fingerprint density at radius 2 is 1.17 bits per heavy atom. The molecule has 0 radical (unpaired) electrons. The van der Waals surface area contributed by atoms with Gasteiger partial charge in [0.1, 0.15) is 0 Å². The van der Waals surface area contributed by atoms with Gasteiger partial charge in [0.25, 0.3) is 0 Å². The molecule has 0 spiro atoms. The summed E-state index contributed by atoms with van der Waals surface area (Å²) in [5, 5.41) is 0. The molecule has 48 heavy (non-hydrogen) atoms. The maximum absolute atomic E-state index is 2.57. The number of hydrogen-bond donors (Lipinski definition) is 0. The second-order valence-corrected chi connectivity index (χ2v) is 14.8. The maximum Gasteiger partial charge on any atom is 0.0559 e. The topological polar surface area (TPSA) is 6.48 Å². The number of rotatable bonds is 8. The van der Waals surface area contributed by atoms with E-state index in [1.165, 1.54) is 82.8 Å². The summed E-state index contributed by atoms with van der Waals surface area (Å²) < 4.78 is 0. The Labute approximate surface area is 289 Å². The van der Waals surface area contributed by atoms with Gasteiger partial charge in [-0.15, -0.1) is 0 Å². The van der Waals surface area contributed by atoms with E-state index in [2.05, 4.69) is 165 Å². The Morgan fingerprint density at radius 3 is 1.73 bits per heavy atom. The number of nitrogens with zero attached hydrogens (tertiary/aromatic N) is 2. The molecule has 0 saturated heterocycles. The van der Waals surface area contributed by atoms with E-state index >= 15 is 0 Å². The van der Waals surface area contributed by atoms with Gasteiger partial charge in [-0.05, 0) is 119 Å². The lowest BCUT2D eigenvalue weighted by Crippen LogP contribution is -2.38. The summed E-state index contributed by atoms with van der Waals surface area (Å²) in [5.74, 6) is 1.08. The van der Waals surface area contributed by atoms with Gasteiger partial charge in [-0.2, -0.15) is 0 Å². The Balaban J connectivity index is 1.18. The molecule has 0 bridgehead atoms. The minimum absolute atomic E-state index is 0.169. The standard InChI is InChI=1S/C46H52N2/c1-34-8-20-40(21-9-34)47(41-22-10-35(2)11-23-41)44-28-16-38(17-29-44)46(32-6-5-7-33-46)39-18-30-45(31-19-39)48(42-24-12-36(3)13-25-42)43-26-14-37(4)15-27-43/h8-14,16,18-22,24-31,37-38,41H,5-7,15,17,23,32-33H2,1-4H3. The lowest BCUT2D eigenvalue weighted by atomic mass is 9.60. The number of anilines is 3. The van der Waals surface area contributed by atoms with Crippen LogP contribution in [0.2, 0.25) is 0 Å². The van der Waals surface area contributed by atoms with Crippen LogP contribution in [0.1, 0.15) is 81.9 Å². The molecule has 3 aromatic rings. The van der Waals surface area contributed by atoms with Crippen LogP contribution >= 0.6 is 0 Å². The van der Waals surface area contributed by atoms with Gasteiger partial charge in [0.15, 0.2) is 0 Å². The summed E-state index contributed by atoms with van der Waals surface area (Å²) in [5.41, 5.74) is 11.9. The third-order valence-electron chi connectivity index (χ3n) is 11.3. The maximum atomic E-state index is 2.57. The van der Waals surface area contributed by atoms with Gasteiger partial charge in [0.2, 0.25) is 0 Å². The number of benzene rings is 3. The van der Waals surface area contributed by atoms with Gasteiger partial charge in [-0.3, -0.25) is 0 Å². The highest BCUT2D eigenvalue weighted by Crippen LogP contribution is 2.49. The van der Waals surface area contributed by atoms with Crippen LogP contribution in [0, 0.1) is 25.7 Å². The fourth-order valence-corrected chi connectivity index (χ4v) is 8.36. The second-order valence-electron chi connectivity index (χ2n) is 14.8. The lowest BCUT2D eigenvalue weighted by molar-refractivity contribution is 0.222. The van der Waals surface area contributed by atoms with Crippen LogP contribution in [0.5, 0.6) is 0 Å². The van der Waals surface area contributed by atoms with Gasteiger partial charge in [0.05, 0.1) is 6.04 Å². The largest absolute Gasteiger partial charge is 0.335 e. The highest BCUT2D eigenvalue weighted by atomic mass is 15.2. The van der Waals surface area contributed by atoms with E-state index in [9.17, 15) is 0 Å². The monoisotopic (exact) mass is 632 g/mol. The highest BCUT2D eigenvalue weighted by molar-refractivity contribution is 5.71. The van der Waals surface area contributed by atoms with Gasteiger partial charge in [-0.1, -0.05) is 122 Å². The Hall–Kier alpha value is -4.30. The normalized spacial score (nSPS) is 23.2. The molecule has 2 heteroatoms. The molecule has 3 atom stereocenters. The molecule has 7 rings (SSSR count). The van der Waals surface area contributed by atoms with Crippen LogP contribution in [0.4, 0.5) is 17.1 Å². The minimum atomic E-state index is 0.169. The van der Waals surface area contributed by atoms with Crippen molar-refractivity contribution in [2.45, 2.75) is 90.5 Å². The van der Waals surface area contributed by atoms with Crippen molar-refractivity contribution in [1.82, 2.24) is 0 Å². The van der Waals surface area contributed by atoms with Crippen molar-refractivity contribution in [3.05, 3.63) is 161 Å². The van der Waals surface area contributed by atoms with E-state index in [0.717, 1.165) is 19.3 Å². The average molecular weight is 633 g/mol. The van der Waals surface area contributed by atoms with Gasteiger partial charge in [0, 0.05) is 33.9 Å². The average Bonchev–Trinajstić information content (AvgIpc) is 3.13. The summed E-state index contributed by atoms with van der Waals surface area (Å²) >= 11 is 0. The van der Waals surface area contributed by atoms with Crippen molar-refractivity contribution in [2.75, 3.05) is 9.80 Å². The molecule has 0 aliphatic heterocycles. The van der Waals surface area contributed by atoms with E-state index in [0.29, 0.717) is 17.9 Å². The first-order valence-electron chi connectivity index (χ1n) is 18.3. The molecule has 3 unspecified atom stereocenters. The molecule has 3 aromatic carbocycles. The molecule has 0 amide bonds. The Morgan fingerprint density at radius 1 is 0.562 bits per heavy atom. The summed E-state index contributed by atoms with van der Waals surface area (Å²) in [6.45, 7) is 8.83. The second kappa shape index (κ2) is 14.0. The van der Waals surface area contributed by atoms with E-state index in [1.54, 1.807) is 0 Å². The Kier molecular flexibility index (Phi) is 9.44. The molecule has 0 heterocycles. The summed E-state index contributed by atoms with van der Waals surface area (Å²) in [4.78, 5) is 4.99. The molecule has 4 aliphatic rings. The fourth-order valence-electron chi connectivity index (χ4n) is 8.36. The lowest BCUT2D eigenvalue weighted by Gasteiger charge is -2.45. The van der Waals surface area contributed by atoms with E-state index < -0.39 is 0 Å². The predicted octanol–water partition coefficient (Wildman–Crippen LogP) is 12.4. The molecule has 2 nitrogen and oxygen atoms in total. The molecule has 1 fully saturated rings. The molecule has 4 aliphatic carbocycles. The zero-order valence-electron chi connectivity index (χ0n) is 29.4. The first kappa shape index (κ1) is 32.3. The molecule has 0 N–H and O–H groups in total. The quantitative estimate of drug-likeness (QED) is 0.244. The highest BCUT2D eigenvalue weighted by Gasteiger charge is 2.40. The van der Waals surface area contributed by atoms with Crippen LogP contribution < -0.4 is 9.80 Å². The number of allylic oxidation sites excluding steroid dienone is 8. The van der Waals surface area contributed by atoms with Crippen LogP contribution in [-0.4, -0.2) is 6.04 Å². The smallest absolute Gasteiger partial charge is 0.0559 e. The minimum Gasteiger partial charge on any atom is -0.335 e. The molecule has 1 saturated carbocycles. The molecular weight excluding hydrogens is 581 g/mol. The summed E-state index contributed by atoms with van der Waals surface area (Å²) in [6, 6.07) is 28.1. The molecule has 246 valence electrons. The van der Waals surface area contributed by atoms with E-state index in [1.807, 2.05) is 0 Å². The van der Waals surface area contributed by atoms with Gasteiger partial charge in [-0.25, -0.2) is 0 Å². The first-order chi connectivity index (χ1) is 23.4. The summed E-state index contributed by atoms with van der Waals surface area (Å²) in [7, 11) is 0. The van der Waals surface area contributed by atoms with Crippen LogP contribution in [0.3, 0.4) is 0 Å². The van der Waals surface area contributed by atoms with Crippen LogP contribution in [0.15, 0.2) is 144 Å². The van der Waals surface area contributed by atoms with Crippen molar-refractivity contribution in [2.24, 2.45) is 11.8 Å². The van der Waals surface area contributed by atoms with Crippen molar-refractivity contribution in [3.8, 4) is 0 Å². The van der Waals surface area contributed by atoms with Crippen molar-refractivity contribution in [3.63, 3.8) is 0 Å². The van der Waals surface area contributed by atoms with Crippen LogP contribution in [-0.2, 0) is 5.41 Å². The number of aryl methyl sites for hydroxylation is 2. The number of hydrogen-bond acceptors (Lipinski definition) is 2. The third-order valence-corrected chi connectivity index (χ3v) is 11.3. The van der Waals surface area contributed by atoms with E-state index in [-0.39, 0.29) is 5.41 Å². The third kappa shape index (κ3) is 6.68. The van der Waals surface area contributed by atoms with Crippen molar-refractivity contribution >= 4 is 17.1 Å². The van der Waals surface area contributed by atoms with Gasteiger partial charge >= 0.3 is 0 Å². The summed E-state index contributed by atoms with van der Waals surface area (Å²) in [6.07, 6.45) is 31.3. The predicted molar refractivity (Wildman–Crippen MR) is 206 cm³/mol.